The lowest BCUT2D eigenvalue weighted by atomic mass is 10.2. The molecule has 0 atom stereocenters. The van der Waals surface area contributed by atoms with Crippen LogP contribution in [0.15, 0.2) is 27.6 Å². The first-order chi connectivity index (χ1) is 8.62. The van der Waals surface area contributed by atoms with Gasteiger partial charge < -0.3 is 0 Å². The average molecular weight is 371 g/mol. The molecule has 6 nitrogen and oxygen atoms in total. The fourth-order valence-corrected chi connectivity index (χ4v) is 3.30. The summed E-state index contributed by atoms with van der Waals surface area (Å²) in [4.78, 5) is 0.142. The number of nitrogens with two attached hydrogens (primary N) is 1. The summed E-state index contributed by atoms with van der Waals surface area (Å²) >= 11 is 3.29. The Kier molecular flexibility index (Phi) is 5.51. The third-order valence-corrected chi connectivity index (χ3v) is 5.54. The highest BCUT2D eigenvalue weighted by Gasteiger charge is 2.14. The number of halogens is 1. The number of rotatable bonds is 6. The molecule has 0 bridgehead atoms. The third-order valence-electron chi connectivity index (χ3n) is 2.34. The Hall–Kier alpha value is -0.480. The fourth-order valence-electron chi connectivity index (χ4n) is 1.35. The fraction of sp³-hybridized carbons (Fsp3) is 0.400. The molecule has 0 aliphatic heterocycles. The van der Waals surface area contributed by atoms with Crippen LogP contribution in [0.1, 0.15) is 12.0 Å². The zero-order valence-corrected chi connectivity index (χ0v) is 13.5. The highest BCUT2D eigenvalue weighted by atomic mass is 79.9. The Morgan fingerprint density at radius 1 is 1.26 bits per heavy atom. The van der Waals surface area contributed by atoms with E-state index in [-0.39, 0.29) is 23.6 Å². The Balaban J connectivity index is 2.68. The predicted octanol–water partition coefficient (Wildman–Crippen LogP) is 0.714. The largest absolute Gasteiger partial charge is 0.240 e. The molecule has 1 aromatic rings. The normalized spacial score (nSPS) is 12.6. The highest BCUT2D eigenvalue weighted by Crippen LogP contribution is 2.19. The highest BCUT2D eigenvalue weighted by molar-refractivity contribution is 9.10. The van der Waals surface area contributed by atoms with Gasteiger partial charge in [0.1, 0.15) is 0 Å². The molecule has 108 valence electrons. The zero-order valence-electron chi connectivity index (χ0n) is 10.3. The maximum absolute atomic E-state index is 11.9. The first-order valence-electron chi connectivity index (χ1n) is 5.38. The van der Waals surface area contributed by atoms with Gasteiger partial charge in [-0.2, -0.15) is 0 Å². The first-order valence-corrected chi connectivity index (χ1v) is 9.37. The molecule has 1 rings (SSSR count). The van der Waals surface area contributed by atoms with Crippen molar-refractivity contribution in [3.63, 3.8) is 0 Å². The number of primary sulfonamides is 1. The van der Waals surface area contributed by atoms with E-state index in [0.29, 0.717) is 0 Å². The number of benzene rings is 1. The Bertz CT molecular complexity index is 656. The summed E-state index contributed by atoms with van der Waals surface area (Å²) in [5.41, 5.74) is 0.799. The second kappa shape index (κ2) is 6.31. The molecule has 0 saturated carbocycles. The van der Waals surface area contributed by atoms with E-state index in [9.17, 15) is 16.8 Å². The van der Waals surface area contributed by atoms with Gasteiger partial charge in [-0.05, 0) is 37.1 Å². The average Bonchev–Trinajstić information content (AvgIpc) is 2.27. The minimum Gasteiger partial charge on any atom is -0.229 e. The van der Waals surface area contributed by atoms with Crippen molar-refractivity contribution in [1.29, 1.82) is 0 Å². The summed E-state index contributed by atoms with van der Waals surface area (Å²) < 4.78 is 48.4. The first kappa shape index (κ1) is 16.6. The molecular formula is C10H15BrN2O4S2. The van der Waals surface area contributed by atoms with Gasteiger partial charge in [0, 0.05) is 11.0 Å². The summed E-state index contributed by atoms with van der Waals surface area (Å²) in [6.45, 7) is 1.80. The second-order valence-corrected chi connectivity index (χ2v) is 8.38. The SMILES string of the molecule is Cc1cc(S(=O)(=O)NCCCS(N)(=O)=O)ccc1Br. The van der Waals surface area contributed by atoms with Crippen LogP contribution in [0.25, 0.3) is 0 Å². The van der Waals surface area contributed by atoms with E-state index >= 15 is 0 Å². The number of hydrogen-bond acceptors (Lipinski definition) is 4. The summed E-state index contributed by atoms with van der Waals surface area (Å²) in [7, 11) is -7.18. The molecule has 0 aliphatic rings. The van der Waals surface area contributed by atoms with Gasteiger partial charge in [-0.25, -0.2) is 26.7 Å². The summed E-state index contributed by atoms with van der Waals surface area (Å²) in [6.07, 6.45) is 0.133. The van der Waals surface area contributed by atoms with E-state index in [0.717, 1.165) is 10.0 Å². The number of sulfonamides is 2. The molecule has 1 aromatic carbocycles. The molecule has 0 aromatic heterocycles. The minimum atomic E-state index is -3.62. The molecule has 0 fully saturated rings. The molecule has 3 N–H and O–H groups in total. The molecule has 9 heteroatoms. The van der Waals surface area contributed by atoms with E-state index in [1.54, 1.807) is 13.0 Å². The van der Waals surface area contributed by atoms with Gasteiger partial charge >= 0.3 is 0 Å². The van der Waals surface area contributed by atoms with Crippen molar-refractivity contribution in [1.82, 2.24) is 4.72 Å². The standard InChI is InChI=1S/C10H15BrN2O4S2/c1-8-7-9(3-4-10(8)11)19(16,17)13-5-2-6-18(12,14)15/h3-4,7,13H,2,5-6H2,1H3,(H2,12,14,15). The second-order valence-electron chi connectivity index (χ2n) is 4.03. The molecule has 19 heavy (non-hydrogen) atoms. The van der Waals surface area contributed by atoms with Crippen LogP contribution in [-0.2, 0) is 20.0 Å². The zero-order chi connectivity index (χ0) is 14.7. The summed E-state index contributed by atoms with van der Waals surface area (Å²) in [5.74, 6) is -0.255. The van der Waals surface area contributed by atoms with Gasteiger partial charge in [-0.3, -0.25) is 0 Å². The molecule has 0 unspecified atom stereocenters. The van der Waals surface area contributed by atoms with Crippen LogP contribution in [0.3, 0.4) is 0 Å². The molecule has 0 amide bonds. The van der Waals surface area contributed by atoms with E-state index in [1.165, 1.54) is 12.1 Å². The maximum Gasteiger partial charge on any atom is 0.240 e. The van der Waals surface area contributed by atoms with Gasteiger partial charge in [0.25, 0.3) is 0 Å². The Morgan fingerprint density at radius 3 is 2.42 bits per heavy atom. The van der Waals surface area contributed by atoms with Gasteiger partial charge in [0.05, 0.1) is 10.6 Å². The Morgan fingerprint density at radius 2 is 1.89 bits per heavy atom. The molecular weight excluding hydrogens is 356 g/mol. The van der Waals surface area contributed by atoms with E-state index in [4.69, 9.17) is 5.14 Å². The van der Waals surface area contributed by atoms with E-state index < -0.39 is 20.0 Å². The van der Waals surface area contributed by atoms with Crippen molar-refractivity contribution >= 4 is 36.0 Å². The van der Waals surface area contributed by atoms with E-state index in [1.807, 2.05) is 0 Å². The summed E-state index contributed by atoms with van der Waals surface area (Å²) in [6, 6.07) is 4.65. The molecule has 0 heterocycles. The van der Waals surface area contributed by atoms with Crippen molar-refractivity contribution in [2.45, 2.75) is 18.2 Å². The topological polar surface area (TPSA) is 106 Å². The van der Waals surface area contributed by atoms with Gasteiger partial charge in [-0.1, -0.05) is 15.9 Å². The van der Waals surface area contributed by atoms with Crippen molar-refractivity contribution in [2.24, 2.45) is 5.14 Å². The molecule has 0 aliphatic carbocycles. The molecule has 0 spiro atoms. The number of hydrogen-bond donors (Lipinski definition) is 2. The van der Waals surface area contributed by atoms with Crippen molar-refractivity contribution < 1.29 is 16.8 Å². The quantitative estimate of drug-likeness (QED) is 0.719. The monoisotopic (exact) mass is 370 g/mol. The van der Waals surface area contributed by atoms with E-state index in [2.05, 4.69) is 20.7 Å². The summed E-state index contributed by atoms with van der Waals surface area (Å²) in [5, 5.41) is 4.82. The lowest BCUT2D eigenvalue weighted by Crippen LogP contribution is -2.27. The lowest BCUT2D eigenvalue weighted by molar-refractivity contribution is 0.576. The van der Waals surface area contributed by atoms with Crippen LogP contribution < -0.4 is 9.86 Å². The smallest absolute Gasteiger partial charge is 0.229 e. The van der Waals surface area contributed by atoms with Gasteiger partial charge in [0.15, 0.2) is 0 Å². The predicted molar refractivity (Wildman–Crippen MR) is 76.7 cm³/mol. The van der Waals surface area contributed by atoms with Crippen molar-refractivity contribution in [2.75, 3.05) is 12.3 Å². The van der Waals surface area contributed by atoms with Crippen molar-refractivity contribution in [3.8, 4) is 0 Å². The van der Waals surface area contributed by atoms with Crippen LogP contribution in [-0.4, -0.2) is 29.1 Å². The van der Waals surface area contributed by atoms with Crippen LogP contribution in [0.4, 0.5) is 0 Å². The lowest BCUT2D eigenvalue weighted by Gasteiger charge is -2.08. The maximum atomic E-state index is 11.9. The van der Waals surface area contributed by atoms with Crippen molar-refractivity contribution in [3.05, 3.63) is 28.2 Å². The minimum absolute atomic E-state index is 0.0217. The molecule has 0 radical (unpaired) electrons. The van der Waals surface area contributed by atoms with Gasteiger partial charge in [-0.15, -0.1) is 0 Å². The number of aryl methyl sites for hydroxylation is 1. The Labute approximate surface area is 121 Å². The number of nitrogens with one attached hydrogen (secondary N) is 1. The molecule has 0 saturated heterocycles. The van der Waals surface area contributed by atoms with Crippen LogP contribution >= 0.6 is 15.9 Å². The van der Waals surface area contributed by atoms with Gasteiger partial charge in [0.2, 0.25) is 20.0 Å². The van der Waals surface area contributed by atoms with Crippen LogP contribution in [0.2, 0.25) is 0 Å². The van der Waals surface area contributed by atoms with Crippen LogP contribution in [0.5, 0.6) is 0 Å². The third kappa shape index (κ3) is 5.57. The van der Waals surface area contributed by atoms with Crippen LogP contribution in [0, 0.1) is 6.92 Å².